The summed E-state index contributed by atoms with van der Waals surface area (Å²) < 4.78 is 1.75. The lowest BCUT2D eigenvalue weighted by Gasteiger charge is -2.02. The van der Waals surface area contributed by atoms with E-state index in [1.54, 1.807) is 16.4 Å². The molecule has 0 saturated heterocycles. The molecule has 0 aliphatic rings. The van der Waals surface area contributed by atoms with E-state index in [4.69, 9.17) is 5.73 Å². The Hall–Kier alpha value is -1.42. The number of aromatic nitrogens is 2. The number of rotatable bonds is 3. The van der Waals surface area contributed by atoms with Crippen molar-refractivity contribution in [2.45, 2.75) is 18.2 Å². The van der Waals surface area contributed by atoms with E-state index in [2.05, 4.69) is 42.5 Å². The van der Waals surface area contributed by atoms with Gasteiger partial charge in [0.1, 0.15) is 5.82 Å². The van der Waals surface area contributed by atoms with Gasteiger partial charge in [-0.25, -0.2) is 0 Å². The molecule has 2 rings (SSSR count). The van der Waals surface area contributed by atoms with Gasteiger partial charge in [0.15, 0.2) is 0 Å². The highest BCUT2D eigenvalue weighted by Gasteiger charge is 2.13. The molecular weight excluding hydrogens is 230 g/mol. The molecule has 0 amide bonds. The maximum Gasteiger partial charge on any atom is 0.125 e. The van der Waals surface area contributed by atoms with Crippen LogP contribution in [-0.4, -0.2) is 16.0 Å². The van der Waals surface area contributed by atoms with Crippen LogP contribution in [0.15, 0.2) is 29.2 Å². The van der Waals surface area contributed by atoms with Gasteiger partial charge in [-0.15, -0.1) is 11.8 Å². The summed E-state index contributed by atoms with van der Waals surface area (Å²) in [6.07, 6.45) is 2.98. The lowest BCUT2D eigenvalue weighted by atomic mass is 10.1. The molecule has 2 N–H and O–H groups in total. The van der Waals surface area contributed by atoms with Crippen LogP contribution in [-0.2, 0) is 13.5 Å². The Morgan fingerprint density at radius 3 is 2.47 bits per heavy atom. The van der Waals surface area contributed by atoms with Crippen LogP contribution in [0.4, 0.5) is 5.82 Å². The molecule has 4 heteroatoms. The minimum Gasteiger partial charge on any atom is -0.384 e. The quantitative estimate of drug-likeness (QED) is 0.848. The first-order valence-electron chi connectivity index (χ1n) is 5.63. The van der Waals surface area contributed by atoms with E-state index in [0.29, 0.717) is 0 Å². The van der Waals surface area contributed by atoms with Gasteiger partial charge >= 0.3 is 0 Å². The summed E-state index contributed by atoms with van der Waals surface area (Å²) >= 11 is 1.74. The maximum atomic E-state index is 6.00. The number of benzene rings is 1. The van der Waals surface area contributed by atoms with Crippen molar-refractivity contribution >= 4 is 17.6 Å². The Labute approximate surface area is 106 Å². The summed E-state index contributed by atoms with van der Waals surface area (Å²) in [4.78, 5) is 1.26. The Kier molecular flexibility index (Phi) is 3.43. The first-order chi connectivity index (χ1) is 8.17. The molecule has 17 heavy (non-hydrogen) atoms. The number of hydrogen-bond acceptors (Lipinski definition) is 3. The van der Waals surface area contributed by atoms with Gasteiger partial charge in [-0.05, 0) is 24.8 Å². The fourth-order valence-electron chi connectivity index (χ4n) is 1.91. The smallest absolute Gasteiger partial charge is 0.125 e. The highest BCUT2D eigenvalue weighted by molar-refractivity contribution is 7.98. The van der Waals surface area contributed by atoms with Gasteiger partial charge in [0, 0.05) is 23.1 Å². The van der Waals surface area contributed by atoms with E-state index < -0.39 is 0 Å². The number of thioether (sulfide) groups is 1. The van der Waals surface area contributed by atoms with Crippen LogP contribution < -0.4 is 5.73 Å². The van der Waals surface area contributed by atoms with Gasteiger partial charge in [-0.1, -0.05) is 19.1 Å². The monoisotopic (exact) mass is 247 g/mol. The maximum absolute atomic E-state index is 6.00. The number of nitrogen functional groups attached to an aromatic ring is 1. The topological polar surface area (TPSA) is 43.8 Å². The van der Waals surface area contributed by atoms with Crippen molar-refractivity contribution in [1.82, 2.24) is 9.78 Å². The van der Waals surface area contributed by atoms with Crippen molar-refractivity contribution in [2.75, 3.05) is 12.0 Å². The van der Waals surface area contributed by atoms with Gasteiger partial charge in [0.05, 0.1) is 5.69 Å². The molecule has 0 atom stereocenters. The van der Waals surface area contributed by atoms with Gasteiger partial charge in [0.25, 0.3) is 0 Å². The summed E-state index contributed by atoms with van der Waals surface area (Å²) in [7, 11) is 1.88. The number of hydrogen-bond donors (Lipinski definition) is 1. The molecule has 0 radical (unpaired) electrons. The van der Waals surface area contributed by atoms with E-state index in [1.165, 1.54) is 4.90 Å². The molecule has 1 aromatic carbocycles. The first-order valence-corrected chi connectivity index (χ1v) is 6.85. The standard InChI is InChI=1S/C13H17N3S/c1-4-11-12(15-16(2)13(11)14)9-5-7-10(17-3)8-6-9/h5-8H,4,14H2,1-3H3. The van der Waals surface area contributed by atoms with Gasteiger partial charge in [-0.2, -0.15) is 5.10 Å². The number of nitrogens with zero attached hydrogens (tertiary/aromatic N) is 2. The van der Waals surface area contributed by atoms with Crippen molar-refractivity contribution in [3.05, 3.63) is 29.8 Å². The highest BCUT2D eigenvalue weighted by Crippen LogP contribution is 2.28. The van der Waals surface area contributed by atoms with Crippen LogP contribution in [0.5, 0.6) is 0 Å². The molecule has 90 valence electrons. The third-order valence-corrected chi connectivity index (χ3v) is 3.65. The largest absolute Gasteiger partial charge is 0.384 e. The summed E-state index contributed by atoms with van der Waals surface area (Å²) in [5.41, 5.74) is 9.26. The van der Waals surface area contributed by atoms with Crippen LogP contribution in [0, 0.1) is 0 Å². The predicted molar refractivity (Wildman–Crippen MR) is 74.2 cm³/mol. The third-order valence-electron chi connectivity index (χ3n) is 2.91. The van der Waals surface area contributed by atoms with E-state index in [1.807, 2.05) is 7.05 Å². The lowest BCUT2D eigenvalue weighted by Crippen LogP contribution is -1.98. The van der Waals surface area contributed by atoms with Crippen LogP contribution in [0.3, 0.4) is 0 Å². The fourth-order valence-corrected chi connectivity index (χ4v) is 2.32. The molecule has 0 unspecified atom stereocenters. The van der Waals surface area contributed by atoms with E-state index in [0.717, 1.165) is 29.1 Å². The second-order valence-electron chi connectivity index (χ2n) is 3.92. The second-order valence-corrected chi connectivity index (χ2v) is 4.80. The molecule has 0 spiro atoms. The fraction of sp³-hybridized carbons (Fsp3) is 0.308. The van der Waals surface area contributed by atoms with Gasteiger partial charge in [-0.3, -0.25) is 4.68 Å². The van der Waals surface area contributed by atoms with Crippen molar-refractivity contribution in [2.24, 2.45) is 7.05 Å². The summed E-state index contributed by atoms with van der Waals surface area (Å²) in [5, 5.41) is 4.49. The molecule has 2 aromatic rings. The Morgan fingerprint density at radius 1 is 1.29 bits per heavy atom. The average Bonchev–Trinajstić information content (AvgIpc) is 2.65. The zero-order valence-corrected chi connectivity index (χ0v) is 11.2. The Balaban J connectivity index is 2.48. The molecule has 0 fully saturated rings. The van der Waals surface area contributed by atoms with E-state index in [-0.39, 0.29) is 0 Å². The zero-order chi connectivity index (χ0) is 12.4. The number of aryl methyl sites for hydroxylation is 1. The van der Waals surface area contributed by atoms with Crippen LogP contribution in [0.1, 0.15) is 12.5 Å². The van der Waals surface area contributed by atoms with Crippen molar-refractivity contribution in [1.29, 1.82) is 0 Å². The highest BCUT2D eigenvalue weighted by atomic mass is 32.2. The molecule has 1 heterocycles. The Morgan fingerprint density at radius 2 is 1.94 bits per heavy atom. The van der Waals surface area contributed by atoms with E-state index >= 15 is 0 Å². The van der Waals surface area contributed by atoms with Gasteiger partial charge in [0.2, 0.25) is 0 Å². The SMILES string of the molecule is CCc1c(-c2ccc(SC)cc2)nn(C)c1N. The number of anilines is 1. The lowest BCUT2D eigenvalue weighted by molar-refractivity contribution is 0.781. The van der Waals surface area contributed by atoms with Crippen molar-refractivity contribution in [3.63, 3.8) is 0 Å². The summed E-state index contributed by atoms with van der Waals surface area (Å²) in [6, 6.07) is 8.44. The summed E-state index contributed by atoms with van der Waals surface area (Å²) in [6.45, 7) is 2.10. The van der Waals surface area contributed by atoms with Crippen LogP contribution in [0.2, 0.25) is 0 Å². The molecule has 0 saturated carbocycles. The first kappa shape index (κ1) is 12.0. The minimum absolute atomic E-state index is 0.761. The van der Waals surface area contributed by atoms with Gasteiger partial charge < -0.3 is 5.73 Å². The molecule has 3 nitrogen and oxygen atoms in total. The summed E-state index contributed by atoms with van der Waals surface area (Å²) in [5.74, 6) is 0.761. The predicted octanol–water partition coefficient (Wildman–Crippen LogP) is 2.95. The molecule has 0 bridgehead atoms. The van der Waals surface area contributed by atoms with Crippen molar-refractivity contribution in [3.8, 4) is 11.3 Å². The normalized spacial score (nSPS) is 10.8. The van der Waals surface area contributed by atoms with Crippen LogP contribution >= 0.6 is 11.8 Å². The number of nitrogens with two attached hydrogens (primary N) is 1. The van der Waals surface area contributed by atoms with Crippen molar-refractivity contribution < 1.29 is 0 Å². The molecular formula is C13H17N3S. The van der Waals surface area contributed by atoms with E-state index in [9.17, 15) is 0 Å². The molecule has 0 aliphatic heterocycles. The average molecular weight is 247 g/mol. The minimum atomic E-state index is 0.761. The molecule has 1 aromatic heterocycles. The molecule has 0 aliphatic carbocycles. The second kappa shape index (κ2) is 4.84. The third kappa shape index (κ3) is 2.17. The Bertz CT molecular complexity index is 514. The van der Waals surface area contributed by atoms with Crippen LogP contribution in [0.25, 0.3) is 11.3 Å². The zero-order valence-electron chi connectivity index (χ0n) is 10.4.